The number of alkyl halides is 2. The van der Waals surface area contributed by atoms with E-state index in [9.17, 15) is 8.78 Å². The van der Waals surface area contributed by atoms with Crippen molar-refractivity contribution in [3.63, 3.8) is 0 Å². The molecule has 0 saturated carbocycles. The lowest BCUT2D eigenvalue weighted by Crippen LogP contribution is -2.10. The van der Waals surface area contributed by atoms with E-state index in [1.165, 1.54) is 6.07 Å². The molecule has 3 heteroatoms. The molecular formula is C12H15F2N. The fourth-order valence-electron chi connectivity index (χ4n) is 2.00. The van der Waals surface area contributed by atoms with Gasteiger partial charge in [0.05, 0.1) is 0 Å². The van der Waals surface area contributed by atoms with Crippen molar-refractivity contribution < 1.29 is 8.78 Å². The monoisotopic (exact) mass is 211 g/mol. The summed E-state index contributed by atoms with van der Waals surface area (Å²) in [6, 6.07) is 6.79. The smallest absolute Gasteiger partial charge is 0.270 e. The maximum Gasteiger partial charge on any atom is 0.270 e. The fraction of sp³-hybridized carbons (Fsp3) is 0.500. The van der Waals surface area contributed by atoms with Crippen LogP contribution in [0.2, 0.25) is 0 Å². The molecule has 0 aromatic heterocycles. The van der Waals surface area contributed by atoms with Gasteiger partial charge in [0, 0.05) is 19.0 Å². The number of hydrogen-bond acceptors (Lipinski definition) is 1. The molecule has 2 rings (SSSR count). The Labute approximate surface area is 88.5 Å². The van der Waals surface area contributed by atoms with Crippen molar-refractivity contribution >= 4 is 0 Å². The molecule has 1 aliphatic rings. The molecule has 0 spiro atoms. The van der Waals surface area contributed by atoms with Crippen molar-refractivity contribution in [1.29, 1.82) is 0 Å². The molecule has 0 bridgehead atoms. The van der Waals surface area contributed by atoms with Gasteiger partial charge in [-0.15, -0.1) is 0 Å². The predicted octanol–water partition coefficient (Wildman–Crippen LogP) is 2.88. The third kappa shape index (κ3) is 2.34. The van der Waals surface area contributed by atoms with Crippen molar-refractivity contribution in [3.05, 3.63) is 35.4 Å². The second-order valence-corrected chi connectivity index (χ2v) is 4.20. The Morgan fingerprint density at radius 1 is 1.40 bits per heavy atom. The second-order valence-electron chi connectivity index (χ2n) is 4.20. The van der Waals surface area contributed by atoms with Crippen LogP contribution in [0.3, 0.4) is 0 Å². The topological polar surface area (TPSA) is 12.0 Å². The first-order valence-corrected chi connectivity index (χ1v) is 5.26. The van der Waals surface area contributed by atoms with E-state index in [2.05, 4.69) is 5.32 Å². The molecule has 1 heterocycles. The van der Waals surface area contributed by atoms with Gasteiger partial charge in [-0.1, -0.05) is 18.2 Å². The minimum absolute atomic E-state index is 0.118. The Balaban J connectivity index is 2.26. The lowest BCUT2D eigenvalue weighted by atomic mass is 9.95. The van der Waals surface area contributed by atoms with Crippen LogP contribution in [0.5, 0.6) is 0 Å². The van der Waals surface area contributed by atoms with E-state index in [0.717, 1.165) is 32.0 Å². The van der Waals surface area contributed by atoms with Gasteiger partial charge in [0.15, 0.2) is 0 Å². The van der Waals surface area contributed by atoms with Crippen LogP contribution in [0, 0.1) is 0 Å². The Hall–Kier alpha value is -0.960. The summed E-state index contributed by atoms with van der Waals surface area (Å²) >= 11 is 0. The molecule has 0 radical (unpaired) electrons. The third-order valence-electron chi connectivity index (χ3n) is 2.93. The first-order chi connectivity index (χ1) is 7.07. The van der Waals surface area contributed by atoms with Crippen molar-refractivity contribution in [1.82, 2.24) is 5.32 Å². The molecule has 82 valence electrons. The standard InChI is InChI=1S/C12H15F2N/c1-12(13,14)11-4-2-3-9(7-11)10-5-6-15-8-10/h2-4,7,10,15H,5-6,8H2,1H3. The van der Waals surface area contributed by atoms with Crippen molar-refractivity contribution in [3.8, 4) is 0 Å². The second kappa shape index (κ2) is 3.89. The molecule has 1 aromatic rings. The van der Waals surface area contributed by atoms with E-state index in [1.807, 2.05) is 6.07 Å². The van der Waals surface area contributed by atoms with E-state index in [0.29, 0.717) is 5.92 Å². The number of halogens is 2. The third-order valence-corrected chi connectivity index (χ3v) is 2.93. The molecule has 0 amide bonds. The van der Waals surface area contributed by atoms with Crippen LogP contribution < -0.4 is 5.32 Å². The highest BCUT2D eigenvalue weighted by Crippen LogP contribution is 2.30. The molecule has 1 nitrogen and oxygen atoms in total. The van der Waals surface area contributed by atoms with Crippen LogP contribution in [0.1, 0.15) is 30.4 Å². The van der Waals surface area contributed by atoms with Crippen LogP contribution in [-0.2, 0) is 5.92 Å². The van der Waals surface area contributed by atoms with Gasteiger partial charge in [0.1, 0.15) is 0 Å². The Morgan fingerprint density at radius 3 is 2.80 bits per heavy atom. The molecule has 1 aromatic carbocycles. The van der Waals surface area contributed by atoms with E-state index in [-0.39, 0.29) is 5.56 Å². The highest BCUT2D eigenvalue weighted by Gasteiger charge is 2.25. The first-order valence-electron chi connectivity index (χ1n) is 5.26. The average molecular weight is 211 g/mol. The number of benzene rings is 1. The summed E-state index contributed by atoms with van der Waals surface area (Å²) in [5, 5.41) is 3.24. The van der Waals surface area contributed by atoms with Gasteiger partial charge in [-0.2, -0.15) is 0 Å². The zero-order valence-corrected chi connectivity index (χ0v) is 8.76. The maximum atomic E-state index is 13.1. The summed E-state index contributed by atoms with van der Waals surface area (Å²) in [7, 11) is 0. The Kier molecular flexibility index (Phi) is 2.74. The molecule has 1 atom stereocenters. The summed E-state index contributed by atoms with van der Waals surface area (Å²) in [6.07, 6.45) is 1.04. The molecule has 1 aliphatic heterocycles. The van der Waals surface area contributed by atoms with E-state index < -0.39 is 5.92 Å². The van der Waals surface area contributed by atoms with E-state index in [4.69, 9.17) is 0 Å². The number of rotatable bonds is 2. The summed E-state index contributed by atoms with van der Waals surface area (Å²) in [5.41, 5.74) is 1.14. The van der Waals surface area contributed by atoms with E-state index >= 15 is 0 Å². The summed E-state index contributed by atoms with van der Waals surface area (Å²) in [6.45, 7) is 2.83. The quantitative estimate of drug-likeness (QED) is 0.793. The van der Waals surface area contributed by atoms with Crippen LogP contribution in [-0.4, -0.2) is 13.1 Å². The van der Waals surface area contributed by atoms with Gasteiger partial charge in [0.2, 0.25) is 0 Å². The van der Waals surface area contributed by atoms with Crippen molar-refractivity contribution in [2.24, 2.45) is 0 Å². The van der Waals surface area contributed by atoms with Crippen LogP contribution in [0.15, 0.2) is 24.3 Å². The lowest BCUT2D eigenvalue weighted by Gasteiger charge is -2.14. The zero-order valence-electron chi connectivity index (χ0n) is 8.76. The summed E-state index contributed by atoms with van der Waals surface area (Å²) in [4.78, 5) is 0. The molecular weight excluding hydrogens is 196 g/mol. The van der Waals surface area contributed by atoms with Crippen LogP contribution >= 0.6 is 0 Å². The van der Waals surface area contributed by atoms with Gasteiger partial charge in [-0.25, -0.2) is 8.78 Å². The highest BCUT2D eigenvalue weighted by atomic mass is 19.3. The SMILES string of the molecule is CC(F)(F)c1cccc(C2CCNC2)c1. The maximum absolute atomic E-state index is 13.1. The van der Waals surface area contributed by atoms with Crippen LogP contribution in [0.4, 0.5) is 8.78 Å². The minimum Gasteiger partial charge on any atom is -0.316 e. The first kappa shape index (κ1) is 10.6. The minimum atomic E-state index is -2.73. The number of hydrogen-bond donors (Lipinski definition) is 1. The Bertz CT molecular complexity index is 338. The van der Waals surface area contributed by atoms with Gasteiger partial charge in [-0.3, -0.25) is 0 Å². The van der Waals surface area contributed by atoms with Gasteiger partial charge in [0.25, 0.3) is 5.92 Å². The molecule has 1 unspecified atom stereocenters. The van der Waals surface area contributed by atoms with Crippen LogP contribution in [0.25, 0.3) is 0 Å². The molecule has 1 fully saturated rings. The van der Waals surface area contributed by atoms with Crippen molar-refractivity contribution in [2.75, 3.05) is 13.1 Å². The Morgan fingerprint density at radius 2 is 2.20 bits per heavy atom. The summed E-state index contributed by atoms with van der Waals surface area (Å²) in [5.74, 6) is -2.34. The normalized spacial score (nSPS) is 21.9. The zero-order chi connectivity index (χ0) is 10.9. The lowest BCUT2D eigenvalue weighted by molar-refractivity contribution is 0.0174. The summed E-state index contributed by atoms with van der Waals surface area (Å²) < 4.78 is 26.2. The average Bonchev–Trinajstić information content (AvgIpc) is 2.69. The van der Waals surface area contributed by atoms with E-state index in [1.54, 1.807) is 12.1 Å². The van der Waals surface area contributed by atoms with Gasteiger partial charge >= 0.3 is 0 Å². The molecule has 15 heavy (non-hydrogen) atoms. The molecule has 0 aliphatic carbocycles. The predicted molar refractivity (Wildman–Crippen MR) is 56.2 cm³/mol. The molecule has 1 saturated heterocycles. The highest BCUT2D eigenvalue weighted by molar-refractivity contribution is 5.29. The van der Waals surface area contributed by atoms with Crippen molar-refractivity contribution in [2.45, 2.75) is 25.2 Å². The largest absolute Gasteiger partial charge is 0.316 e. The fourth-order valence-corrected chi connectivity index (χ4v) is 2.00. The van der Waals surface area contributed by atoms with Gasteiger partial charge in [-0.05, 0) is 30.5 Å². The van der Waals surface area contributed by atoms with Gasteiger partial charge < -0.3 is 5.32 Å². The number of nitrogens with one attached hydrogen (secondary N) is 1. The molecule has 1 N–H and O–H groups in total.